The molecule has 1 aliphatic carbocycles. The Morgan fingerprint density at radius 3 is 2.94 bits per heavy atom. The van der Waals surface area contributed by atoms with E-state index in [1.807, 2.05) is 0 Å². The predicted molar refractivity (Wildman–Crippen MR) is 66.4 cm³/mol. The first-order valence-electron chi connectivity index (χ1n) is 5.88. The van der Waals surface area contributed by atoms with Gasteiger partial charge in [-0.1, -0.05) is 0 Å². The zero-order valence-electron chi connectivity index (χ0n) is 9.45. The Bertz CT molecular complexity index is 310. The van der Waals surface area contributed by atoms with Gasteiger partial charge in [-0.15, -0.1) is 0 Å². The van der Waals surface area contributed by atoms with E-state index in [0.29, 0.717) is 0 Å². The summed E-state index contributed by atoms with van der Waals surface area (Å²) in [6.07, 6.45) is 3.48. The minimum absolute atomic E-state index is 0.279. The molecule has 0 amide bonds. The predicted octanol–water partition coefficient (Wildman–Crippen LogP) is 2.15. The summed E-state index contributed by atoms with van der Waals surface area (Å²) in [7, 11) is 0. The molecule has 2 N–H and O–H groups in total. The highest BCUT2D eigenvalue weighted by Crippen LogP contribution is 2.20. The van der Waals surface area contributed by atoms with Crippen LogP contribution in [0.5, 0.6) is 0 Å². The molecule has 1 aliphatic rings. The highest BCUT2D eigenvalue weighted by atomic mass is 32.2. The molecule has 1 aromatic rings. The van der Waals surface area contributed by atoms with Gasteiger partial charge >= 0.3 is 0 Å². The van der Waals surface area contributed by atoms with Crippen molar-refractivity contribution >= 4 is 11.8 Å². The minimum atomic E-state index is 0.279. The molecule has 0 saturated heterocycles. The quantitative estimate of drug-likeness (QED) is 0.685. The fourth-order valence-electron chi connectivity index (χ4n) is 1.47. The van der Waals surface area contributed by atoms with Crippen molar-refractivity contribution in [1.82, 2.24) is 5.32 Å². The molecule has 3 nitrogen and oxygen atoms in total. The Morgan fingerprint density at radius 2 is 2.19 bits per heavy atom. The number of aliphatic hydroxyl groups excluding tert-OH is 1. The monoisotopic (exact) mass is 241 g/mol. The van der Waals surface area contributed by atoms with Crippen molar-refractivity contribution < 1.29 is 9.52 Å². The normalized spacial score (nSPS) is 15.6. The lowest BCUT2D eigenvalue weighted by atomic mass is 10.4. The van der Waals surface area contributed by atoms with Crippen molar-refractivity contribution in [3.8, 4) is 0 Å². The maximum atomic E-state index is 8.65. The van der Waals surface area contributed by atoms with Crippen LogP contribution >= 0.6 is 11.8 Å². The van der Waals surface area contributed by atoms with Crippen molar-refractivity contribution in [2.24, 2.45) is 0 Å². The lowest BCUT2D eigenvalue weighted by molar-refractivity contribution is 0.296. The van der Waals surface area contributed by atoms with Gasteiger partial charge in [-0.3, -0.25) is 0 Å². The molecule has 0 spiro atoms. The summed E-state index contributed by atoms with van der Waals surface area (Å²) in [5.74, 6) is 3.97. The molecular formula is C12H19NO2S. The SMILES string of the molecule is OCCCSCc1ccc(CNC2CC2)o1. The van der Waals surface area contributed by atoms with E-state index in [9.17, 15) is 0 Å². The molecule has 16 heavy (non-hydrogen) atoms. The summed E-state index contributed by atoms with van der Waals surface area (Å²) in [4.78, 5) is 0. The van der Waals surface area contributed by atoms with Crippen LogP contribution < -0.4 is 5.32 Å². The Labute approximate surface area is 101 Å². The third-order valence-electron chi connectivity index (χ3n) is 2.55. The maximum Gasteiger partial charge on any atom is 0.118 e. The van der Waals surface area contributed by atoms with Crippen LogP contribution in [0.4, 0.5) is 0 Å². The van der Waals surface area contributed by atoms with Crippen LogP contribution in [0.2, 0.25) is 0 Å². The Kier molecular flexibility index (Phi) is 4.75. The standard InChI is InChI=1S/C12H19NO2S/c14-6-1-7-16-9-12-5-4-11(15-12)8-13-10-2-3-10/h4-5,10,13-14H,1-3,6-9H2. The Hall–Kier alpha value is -0.450. The molecule has 0 unspecified atom stereocenters. The molecule has 1 saturated carbocycles. The van der Waals surface area contributed by atoms with E-state index in [-0.39, 0.29) is 6.61 Å². The van der Waals surface area contributed by atoms with Crippen LogP contribution in [-0.4, -0.2) is 23.5 Å². The summed E-state index contributed by atoms with van der Waals surface area (Å²) in [5, 5.41) is 12.1. The number of nitrogens with one attached hydrogen (secondary N) is 1. The van der Waals surface area contributed by atoms with Crippen molar-refractivity contribution in [2.75, 3.05) is 12.4 Å². The van der Waals surface area contributed by atoms with E-state index in [0.717, 1.165) is 42.0 Å². The molecular weight excluding hydrogens is 222 g/mol. The second-order valence-corrected chi connectivity index (χ2v) is 5.26. The van der Waals surface area contributed by atoms with E-state index < -0.39 is 0 Å². The number of aliphatic hydroxyl groups is 1. The summed E-state index contributed by atoms with van der Waals surface area (Å²) >= 11 is 1.81. The average Bonchev–Trinajstić information content (AvgIpc) is 3.02. The third kappa shape index (κ3) is 4.20. The van der Waals surface area contributed by atoms with Gasteiger partial charge < -0.3 is 14.8 Å². The molecule has 0 aromatic carbocycles. The zero-order valence-corrected chi connectivity index (χ0v) is 10.3. The smallest absolute Gasteiger partial charge is 0.118 e. The maximum absolute atomic E-state index is 8.65. The first kappa shape index (κ1) is 12.0. The van der Waals surface area contributed by atoms with Gasteiger partial charge in [0.15, 0.2) is 0 Å². The molecule has 0 bridgehead atoms. The third-order valence-corrected chi connectivity index (χ3v) is 3.62. The summed E-state index contributed by atoms with van der Waals surface area (Å²) in [6.45, 7) is 1.13. The minimum Gasteiger partial charge on any atom is -0.464 e. The molecule has 0 radical (unpaired) electrons. The summed E-state index contributed by atoms with van der Waals surface area (Å²) in [5.41, 5.74) is 0. The van der Waals surface area contributed by atoms with Crippen LogP contribution in [0.3, 0.4) is 0 Å². The second kappa shape index (κ2) is 6.33. The Balaban J connectivity index is 1.64. The summed E-state index contributed by atoms with van der Waals surface area (Å²) < 4.78 is 5.70. The van der Waals surface area contributed by atoms with Gasteiger partial charge in [0.25, 0.3) is 0 Å². The number of furan rings is 1. The summed E-state index contributed by atoms with van der Waals surface area (Å²) in [6, 6.07) is 4.83. The van der Waals surface area contributed by atoms with E-state index in [1.165, 1.54) is 12.8 Å². The van der Waals surface area contributed by atoms with Crippen LogP contribution in [0, 0.1) is 0 Å². The molecule has 1 fully saturated rings. The van der Waals surface area contributed by atoms with E-state index >= 15 is 0 Å². The van der Waals surface area contributed by atoms with Crippen molar-refractivity contribution in [3.63, 3.8) is 0 Å². The molecule has 90 valence electrons. The first-order chi connectivity index (χ1) is 7.88. The van der Waals surface area contributed by atoms with Crippen molar-refractivity contribution in [1.29, 1.82) is 0 Å². The highest BCUT2D eigenvalue weighted by Gasteiger charge is 2.20. The molecule has 0 aliphatic heterocycles. The van der Waals surface area contributed by atoms with Crippen LogP contribution in [0.1, 0.15) is 30.8 Å². The Morgan fingerprint density at radius 1 is 1.38 bits per heavy atom. The number of hydrogen-bond acceptors (Lipinski definition) is 4. The van der Waals surface area contributed by atoms with Crippen molar-refractivity contribution in [3.05, 3.63) is 23.7 Å². The molecule has 1 heterocycles. The van der Waals surface area contributed by atoms with E-state index in [2.05, 4.69) is 17.4 Å². The first-order valence-corrected chi connectivity index (χ1v) is 7.03. The van der Waals surface area contributed by atoms with E-state index in [4.69, 9.17) is 9.52 Å². The number of hydrogen-bond donors (Lipinski definition) is 2. The molecule has 0 atom stereocenters. The molecule has 2 rings (SSSR count). The fourth-order valence-corrected chi connectivity index (χ4v) is 2.30. The van der Waals surface area contributed by atoms with Gasteiger partial charge in [-0.05, 0) is 37.1 Å². The van der Waals surface area contributed by atoms with Crippen LogP contribution in [-0.2, 0) is 12.3 Å². The number of rotatable bonds is 8. The van der Waals surface area contributed by atoms with Crippen LogP contribution in [0.15, 0.2) is 16.5 Å². The van der Waals surface area contributed by atoms with Gasteiger partial charge in [0.1, 0.15) is 11.5 Å². The van der Waals surface area contributed by atoms with E-state index in [1.54, 1.807) is 11.8 Å². The van der Waals surface area contributed by atoms with Gasteiger partial charge in [-0.25, -0.2) is 0 Å². The highest BCUT2D eigenvalue weighted by molar-refractivity contribution is 7.98. The number of thioether (sulfide) groups is 1. The average molecular weight is 241 g/mol. The van der Waals surface area contributed by atoms with Gasteiger partial charge in [0.2, 0.25) is 0 Å². The fraction of sp³-hybridized carbons (Fsp3) is 0.667. The second-order valence-electron chi connectivity index (χ2n) is 4.15. The topological polar surface area (TPSA) is 45.4 Å². The van der Waals surface area contributed by atoms with Gasteiger partial charge in [0.05, 0.1) is 12.3 Å². The molecule has 4 heteroatoms. The molecule has 1 aromatic heterocycles. The van der Waals surface area contributed by atoms with Gasteiger partial charge in [0, 0.05) is 12.6 Å². The lowest BCUT2D eigenvalue weighted by Gasteiger charge is -1.99. The zero-order chi connectivity index (χ0) is 11.2. The van der Waals surface area contributed by atoms with Crippen molar-refractivity contribution in [2.45, 2.75) is 37.6 Å². The van der Waals surface area contributed by atoms with Gasteiger partial charge in [-0.2, -0.15) is 11.8 Å². The largest absolute Gasteiger partial charge is 0.464 e. The van der Waals surface area contributed by atoms with Crippen LogP contribution in [0.25, 0.3) is 0 Å². The lowest BCUT2D eigenvalue weighted by Crippen LogP contribution is -2.14.